The van der Waals surface area contributed by atoms with E-state index in [0.29, 0.717) is 22.3 Å². The van der Waals surface area contributed by atoms with Crippen LogP contribution in [0.25, 0.3) is 0 Å². The van der Waals surface area contributed by atoms with Gasteiger partial charge in [-0.1, -0.05) is 0 Å². The zero-order valence-electron chi connectivity index (χ0n) is 14.1. The van der Waals surface area contributed by atoms with Crippen molar-refractivity contribution in [2.24, 2.45) is 0 Å². The first-order chi connectivity index (χ1) is 12.3. The number of aryl methyl sites for hydroxylation is 2. The lowest BCUT2D eigenvalue weighted by Gasteiger charge is -2.09. The highest BCUT2D eigenvalue weighted by molar-refractivity contribution is 5.60. The van der Waals surface area contributed by atoms with Crippen LogP contribution in [0.5, 0.6) is 0 Å². The monoisotopic (exact) mass is 360 g/mol. The highest BCUT2D eigenvalue weighted by Crippen LogP contribution is 2.19. The first kappa shape index (κ1) is 18.8. The summed E-state index contributed by atoms with van der Waals surface area (Å²) in [5.41, 5.74) is 2.42. The molecule has 0 aromatic heterocycles. The number of carbonyl (C=O) groups excluding carboxylic acids is 1. The van der Waals surface area contributed by atoms with E-state index in [-0.39, 0.29) is 24.6 Å². The van der Waals surface area contributed by atoms with Crippen LogP contribution in [0.1, 0.15) is 22.3 Å². The molecule has 9 heteroatoms. The van der Waals surface area contributed by atoms with Gasteiger partial charge in [0.05, 0.1) is 9.85 Å². The number of carbonyl (C=O) groups is 1. The predicted octanol–water partition coefficient (Wildman–Crippen LogP) is 3.97. The van der Waals surface area contributed by atoms with Gasteiger partial charge in [0.2, 0.25) is 0 Å². The van der Waals surface area contributed by atoms with Crippen molar-refractivity contribution in [3.8, 4) is 0 Å². The number of rotatable bonds is 6. The van der Waals surface area contributed by atoms with Gasteiger partial charge < -0.3 is 9.47 Å². The number of nitro groups is 2. The number of non-ortho nitro benzene ring substituents is 2. The SMILES string of the molecule is Cc1cc([N+](=O)[O-])ccc1COC(=O)OCc1ccc([N+](=O)[O-])cc1C. The summed E-state index contributed by atoms with van der Waals surface area (Å²) >= 11 is 0. The van der Waals surface area contributed by atoms with E-state index in [0.717, 1.165) is 0 Å². The van der Waals surface area contributed by atoms with Gasteiger partial charge in [0.1, 0.15) is 13.2 Å². The van der Waals surface area contributed by atoms with E-state index in [2.05, 4.69) is 0 Å². The van der Waals surface area contributed by atoms with E-state index in [9.17, 15) is 25.0 Å². The lowest BCUT2D eigenvalue weighted by molar-refractivity contribution is -0.385. The zero-order valence-corrected chi connectivity index (χ0v) is 14.1. The van der Waals surface area contributed by atoms with Crippen molar-refractivity contribution in [3.05, 3.63) is 78.9 Å². The van der Waals surface area contributed by atoms with Crippen LogP contribution in [0, 0.1) is 34.1 Å². The molecule has 0 saturated carbocycles. The minimum absolute atomic E-state index is 0.0394. The second-order valence-electron chi connectivity index (χ2n) is 5.56. The number of benzene rings is 2. The second-order valence-corrected chi connectivity index (χ2v) is 5.56. The third kappa shape index (κ3) is 4.76. The van der Waals surface area contributed by atoms with Crippen LogP contribution >= 0.6 is 0 Å². The van der Waals surface area contributed by atoms with E-state index in [4.69, 9.17) is 9.47 Å². The molecular formula is C17H16N2O7. The predicted molar refractivity (Wildman–Crippen MR) is 90.6 cm³/mol. The molecule has 0 amide bonds. The summed E-state index contributed by atoms with van der Waals surface area (Å²) in [5, 5.41) is 21.4. The third-order valence-corrected chi connectivity index (χ3v) is 3.77. The van der Waals surface area contributed by atoms with Crippen LogP contribution in [0.2, 0.25) is 0 Å². The molecule has 2 rings (SSSR count). The average Bonchev–Trinajstić information content (AvgIpc) is 2.59. The van der Waals surface area contributed by atoms with E-state index in [1.54, 1.807) is 13.8 Å². The van der Waals surface area contributed by atoms with Crippen LogP contribution in [0.4, 0.5) is 16.2 Å². The summed E-state index contributed by atoms with van der Waals surface area (Å²) in [5.74, 6) is 0. The zero-order chi connectivity index (χ0) is 19.3. The maximum Gasteiger partial charge on any atom is 0.508 e. The fourth-order valence-electron chi connectivity index (χ4n) is 2.23. The van der Waals surface area contributed by atoms with Gasteiger partial charge in [-0.15, -0.1) is 0 Å². The number of nitro benzene ring substituents is 2. The van der Waals surface area contributed by atoms with Gasteiger partial charge >= 0.3 is 6.16 Å². The molecule has 2 aromatic carbocycles. The largest absolute Gasteiger partial charge is 0.508 e. The molecule has 136 valence electrons. The summed E-state index contributed by atoms with van der Waals surface area (Å²) in [6, 6.07) is 8.48. The van der Waals surface area contributed by atoms with Crippen molar-refractivity contribution in [2.45, 2.75) is 27.1 Å². The fourth-order valence-corrected chi connectivity index (χ4v) is 2.23. The summed E-state index contributed by atoms with van der Waals surface area (Å²) < 4.78 is 9.99. The van der Waals surface area contributed by atoms with Crippen molar-refractivity contribution >= 4 is 17.5 Å². The molecule has 0 unspecified atom stereocenters. The first-order valence-electron chi connectivity index (χ1n) is 7.55. The summed E-state index contributed by atoms with van der Waals surface area (Å²) in [7, 11) is 0. The number of hydrogen-bond acceptors (Lipinski definition) is 7. The normalized spacial score (nSPS) is 10.2. The van der Waals surface area contributed by atoms with Gasteiger partial charge in [0.25, 0.3) is 11.4 Å². The van der Waals surface area contributed by atoms with Crippen molar-refractivity contribution in [1.29, 1.82) is 0 Å². The minimum atomic E-state index is -0.902. The van der Waals surface area contributed by atoms with E-state index < -0.39 is 16.0 Å². The Morgan fingerprint density at radius 1 is 0.846 bits per heavy atom. The van der Waals surface area contributed by atoms with Gasteiger partial charge in [-0.2, -0.15) is 0 Å². The Morgan fingerprint density at radius 3 is 1.54 bits per heavy atom. The molecule has 0 spiro atoms. The topological polar surface area (TPSA) is 122 Å². The van der Waals surface area contributed by atoms with Crippen LogP contribution in [-0.4, -0.2) is 16.0 Å². The molecule has 26 heavy (non-hydrogen) atoms. The molecule has 0 heterocycles. The fraction of sp³-hybridized carbons (Fsp3) is 0.235. The van der Waals surface area contributed by atoms with Crippen LogP contribution in [0.15, 0.2) is 36.4 Å². The molecule has 0 fully saturated rings. The van der Waals surface area contributed by atoms with Crippen molar-refractivity contribution in [2.75, 3.05) is 0 Å². The average molecular weight is 360 g/mol. The Morgan fingerprint density at radius 2 is 1.23 bits per heavy atom. The van der Waals surface area contributed by atoms with Crippen molar-refractivity contribution in [3.63, 3.8) is 0 Å². The molecule has 0 atom stereocenters. The molecule has 9 nitrogen and oxygen atoms in total. The quantitative estimate of drug-likeness (QED) is 0.434. The number of ether oxygens (including phenoxy) is 2. The first-order valence-corrected chi connectivity index (χ1v) is 7.55. The summed E-state index contributed by atoms with van der Waals surface area (Å²) in [6.07, 6.45) is -0.902. The Kier molecular flexibility index (Phi) is 5.84. The highest BCUT2D eigenvalue weighted by atomic mass is 16.7. The standard InChI is InChI=1S/C17H16N2O7/c1-11-7-15(18(21)22)5-3-13(11)9-25-17(20)26-10-14-4-6-16(19(23)24)8-12(14)2/h3-8H,9-10H2,1-2H3. The highest BCUT2D eigenvalue weighted by Gasteiger charge is 2.12. The summed E-state index contributed by atoms with van der Waals surface area (Å²) in [6.45, 7) is 3.19. The van der Waals surface area contributed by atoms with Gasteiger partial charge in [-0.25, -0.2) is 4.79 Å². The molecule has 0 radical (unpaired) electrons. The van der Waals surface area contributed by atoms with Gasteiger partial charge in [0, 0.05) is 24.3 Å². The lowest BCUT2D eigenvalue weighted by Crippen LogP contribution is -2.09. The van der Waals surface area contributed by atoms with E-state index >= 15 is 0 Å². The van der Waals surface area contributed by atoms with E-state index in [1.807, 2.05) is 0 Å². The summed E-state index contributed by atoms with van der Waals surface area (Å²) in [4.78, 5) is 32.1. The number of hydrogen-bond donors (Lipinski definition) is 0. The maximum absolute atomic E-state index is 11.7. The Labute approximate surface area is 148 Å². The van der Waals surface area contributed by atoms with Crippen LogP contribution in [0.3, 0.4) is 0 Å². The van der Waals surface area contributed by atoms with Crippen molar-refractivity contribution < 1.29 is 24.1 Å². The molecule has 0 saturated heterocycles. The van der Waals surface area contributed by atoms with Crippen molar-refractivity contribution in [1.82, 2.24) is 0 Å². The number of nitrogens with zero attached hydrogens (tertiary/aromatic N) is 2. The third-order valence-electron chi connectivity index (χ3n) is 3.77. The lowest BCUT2D eigenvalue weighted by atomic mass is 10.1. The Hall–Kier alpha value is -3.49. The Bertz CT molecular complexity index is 795. The van der Waals surface area contributed by atoms with Crippen LogP contribution < -0.4 is 0 Å². The molecular weight excluding hydrogens is 344 g/mol. The molecule has 2 aromatic rings. The molecule has 0 bridgehead atoms. The van der Waals surface area contributed by atoms with Crippen LogP contribution in [-0.2, 0) is 22.7 Å². The molecule has 0 aliphatic carbocycles. The Balaban J connectivity index is 1.90. The van der Waals surface area contributed by atoms with E-state index in [1.165, 1.54) is 36.4 Å². The second kappa shape index (κ2) is 8.06. The maximum atomic E-state index is 11.7. The molecule has 0 aliphatic heterocycles. The smallest absolute Gasteiger partial charge is 0.429 e. The van der Waals surface area contributed by atoms with Gasteiger partial charge in [-0.3, -0.25) is 20.2 Å². The van der Waals surface area contributed by atoms with Gasteiger partial charge in [-0.05, 0) is 48.2 Å². The van der Waals surface area contributed by atoms with Gasteiger partial charge in [0.15, 0.2) is 0 Å². The molecule has 0 N–H and O–H groups in total. The molecule has 0 aliphatic rings. The minimum Gasteiger partial charge on any atom is -0.429 e.